The molecular weight excluding hydrogens is 232 g/mol. The molecule has 0 fully saturated rings. The highest BCUT2D eigenvalue weighted by molar-refractivity contribution is 9.10. The van der Waals surface area contributed by atoms with E-state index in [1.807, 2.05) is 6.07 Å². The van der Waals surface area contributed by atoms with Crippen LogP contribution in [0.4, 0.5) is 0 Å². The maximum Gasteiger partial charge on any atom is 0.233 e. The van der Waals surface area contributed by atoms with Gasteiger partial charge in [0.05, 0.1) is 6.61 Å². The van der Waals surface area contributed by atoms with Crippen molar-refractivity contribution >= 4 is 15.9 Å². The van der Waals surface area contributed by atoms with Gasteiger partial charge in [-0.15, -0.1) is 10.2 Å². The number of nitrogens with zero attached hydrogens (tertiary/aromatic N) is 2. The second-order valence-electron chi connectivity index (χ2n) is 3.23. The van der Waals surface area contributed by atoms with Gasteiger partial charge in [0.1, 0.15) is 4.60 Å². The van der Waals surface area contributed by atoms with Crippen LogP contribution in [0.1, 0.15) is 20.3 Å². The molecule has 0 saturated heterocycles. The Hall–Kier alpha value is -0.640. The molecule has 0 radical (unpaired) electrons. The van der Waals surface area contributed by atoms with Gasteiger partial charge in [0.2, 0.25) is 5.88 Å². The molecule has 0 N–H and O–H groups in total. The number of rotatable bonds is 4. The first-order chi connectivity index (χ1) is 6.18. The van der Waals surface area contributed by atoms with Crippen LogP contribution in [0.25, 0.3) is 0 Å². The van der Waals surface area contributed by atoms with Gasteiger partial charge in [0.15, 0.2) is 0 Å². The van der Waals surface area contributed by atoms with E-state index in [0.717, 1.165) is 11.0 Å². The topological polar surface area (TPSA) is 35.0 Å². The first kappa shape index (κ1) is 10.4. The molecule has 0 aliphatic carbocycles. The van der Waals surface area contributed by atoms with Crippen molar-refractivity contribution in [2.24, 2.45) is 5.92 Å². The Kier molecular flexibility index (Phi) is 4.15. The van der Waals surface area contributed by atoms with Gasteiger partial charge in [-0.05, 0) is 34.3 Å². The summed E-state index contributed by atoms with van der Waals surface area (Å²) in [7, 11) is 0. The molecule has 1 aromatic rings. The third kappa shape index (κ3) is 4.22. The van der Waals surface area contributed by atoms with Crippen LogP contribution in [0, 0.1) is 5.92 Å². The van der Waals surface area contributed by atoms with E-state index >= 15 is 0 Å². The molecule has 13 heavy (non-hydrogen) atoms. The highest BCUT2D eigenvalue weighted by atomic mass is 79.9. The van der Waals surface area contributed by atoms with Crippen LogP contribution in [0.2, 0.25) is 0 Å². The van der Waals surface area contributed by atoms with Gasteiger partial charge in [-0.1, -0.05) is 13.8 Å². The summed E-state index contributed by atoms with van der Waals surface area (Å²) in [5.74, 6) is 1.24. The van der Waals surface area contributed by atoms with E-state index in [1.54, 1.807) is 6.07 Å². The Morgan fingerprint density at radius 3 is 2.69 bits per heavy atom. The van der Waals surface area contributed by atoms with Crippen molar-refractivity contribution in [3.05, 3.63) is 16.7 Å². The molecule has 3 nitrogen and oxygen atoms in total. The monoisotopic (exact) mass is 244 g/mol. The van der Waals surface area contributed by atoms with Gasteiger partial charge in [0.25, 0.3) is 0 Å². The quantitative estimate of drug-likeness (QED) is 0.817. The van der Waals surface area contributed by atoms with Crippen LogP contribution < -0.4 is 4.74 Å². The molecule has 0 unspecified atom stereocenters. The average Bonchev–Trinajstić information content (AvgIpc) is 2.08. The molecule has 0 saturated carbocycles. The Morgan fingerprint density at radius 1 is 1.38 bits per heavy atom. The van der Waals surface area contributed by atoms with Gasteiger partial charge in [0, 0.05) is 6.07 Å². The predicted molar refractivity (Wildman–Crippen MR) is 54.7 cm³/mol. The molecule has 0 aliphatic rings. The standard InChI is InChI=1S/C9H13BrN2O/c1-7(2)5-6-13-9-4-3-8(10)11-12-9/h3-4,7H,5-6H2,1-2H3. The van der Waals surface area contributed by atoms with Crippen molar-refractivity contribution in [2.45, 2.75) is 20.3 Å². The van der Waals surface area contributed by atoms with E-state index < -0.39 is 0 Å². The van der Waals surface area contributed by atoms with Crippen molar-refractivity contribution in [2.75, 3.05) is 6.61 Å². The Balaban J connectivity index is 2.33. The number of ether oxygens (including phenoxy) is 1. The summed E-state index contributed by atoms with van der Waals surface area (Å²) in [4.78, 5) is 0. The summed E-state index contributed by atoms with van der Waals surface area (Å²) in [6.45, 7) is 5.03. The molecule has 0 bridgehead atoms. The minimum Gasteiger partial charge on any atom is -0.477 e. The lowest BCUT2D eigenvalue weighted by atomic mass is 10.1. The molecule has 0 spiro atoms. The normalized spacial score (nSPS) is 10.5. The van der Waals surface area contributed by atoms with Gasteiger partial charge in [-0.3, -0.25) is 0 Å². The van der Waals surface area contributed by atoms with Gasteiger partial charge in [-0.25, -0.2) is 0 Å². The minimum atomic E-state index is 0.587. The Morgan fingerprint density at radius 2 is 2.15 bits per heavy atom. The fourth-order valence-corrected chi connectivity index (χ4v) is 0.991. The molecule has 0 aromatic carbocycles. The van der Waals surface area contributed by atoms with Gasteiger partial charge < -0.3 is 4.74 Å². The van der Waals surface area contributed by atoms with Crippen molar-refractivity contribution in [1.82, 2.24) is 10.2 Å². The summed E-state index contributed by atoms with van der Waals surface area (Å²) in [6, 6.07) is 3.62. The molecule has 72 valence electrons. The van der Waals surface area contributed by atoms with Crippen molar-refractivity contribution in [3.8, 4) is 5.88 Å². The van der Waals surface area contributed by atoms with E-state index in [0.29, 0.717) is 18.4 Å². The van der Waals surface area contributed by atoms with Gasteiger partial charge in [-0.2, -0.15) is 0 Å². The summed E-state index contributed by atoms with van der Waals surface area (Å²) < 4.78 is 6.10. The van der Waals surface area contributed by atoms with E-state index in [4.69, 9.17) is 4.74 Å². The summed E-state index contributed by atoms with van der Waals surface area (Å²) in [5, 5.41) is 7.67. The Bertz CT molecular complexity index is 248. The molecule has 4 heteroatoms. The maximum absolute atomic E-state index is 5.38. The average molecular weight is 245 g/mol. The summed E-state index contributed by atoms with van der Waals surface area (Å²) >= 11 is 3.21. The third-order valence-corrected chi connectivity index (χ3v) is 1.98. The Labute approximate surface area is 86.6 Å². The molecule has 0 aliphatic heterocycles. The number of aromatic nitrogens is 2. The minimum absolute atomic E-state index is 0.587. The van der Waals surface area contributed by atoms with Crippen molar-refractivity contribution < 1.29 is 4.74 Å². The summed E-state index contributed by atoms with van der Waals surface area (Å²) in [6.07, 6.45) is 1.04. The number of hydrogen-bond acceptors (Lipinski definition) is 3. The molecular formula is C9H13BrN2O. The number of halogens is 1. The predicted octanol–water partition coefficient (Wildman–Crippen LogP) is 2.66. The van der Waals surface area contributed by atoms with Crippen LogP contribution in [0.5, 0.6) is 5.88 Å². The van der Waals surface area contributed by atoms with Crippen LogP contribution in [0.3, 0.4) is 0 Å². The maximum atomic E-state index is 5.38. The zero-order valence-corrected chi connectivity index (χ0v) is 9.41. The molecule has 1 rings (SSSR count). The molecule has 0 atom stereocenters. The first-order valence-electron chi connectivity index (χ1n) is 4.30. The largest absolute Gasteiger partial charge is 0.477 e. The first-order valence-corrected chi connectivity index (χ1v) is 5.10. The lowest BCUT2D eigenvalue weighted by Crippen LogP contribution is -2.03. The highest BCUT2D eigenvalue weighted by Crippen LogP contribution is 2.09. The van der Waals surface area contributed by atoms with Crippen molar-refractivity contribution in [3.63, 3.8) is 0 Å². The molecule has 0 amide bonds. The van der Waals surface area contributed by atoms with Crippen LogP contribution in [-0.2, 0) is 0 Å². The van der Waals surface area contributed by atoms with E-state index in [9.17, 15) is 0 Å². The fourth-order valence-electron chi connectivity index (χ4n) is 0.780. The molecule has 1 aromatic heterocycles. The third-order valence-electron chi connectivity index (χ3n) is 1.55. The van der Waals surface area contributed by atoms with Gasteiger partial charge >= 0.3 is 0 Å². The smallest absolute Gasteiger partial charge is 0.233 e. The molecule has 1 heterocycles. The van der Waals surface area contributed by atoms with Crippen molar-refractivity contribution in [1.29, 1.82) is 0 Å². The van der Waals surface area contributed by atoms with E-state index in [2.05, 4.69) is 40.0 Å². The zero-order chi connectivity index (χ0) is 9.68. The zero-order valence-electron chi connectivity index (χ0n) is 7.83. The lowest BCUT2D eigenvalue weighted by Gasteiger charge is -2.05. The SMILES string of the molecule is CC(C)CCOc1ccc(Br)nn1. The van der Waals surface area contributed by atoms with Crippen LogP contribution in [-0.4, -0.2) is 16.8 Å². The summed E-state index contributed by atoms with van der Waals surface area (Å²) in [5.41, 5.74) is 0. The fraction of sp³-hybridized carbons (Fsp3) is 0.556. The highest BCUT2D eigenvalue weighted by Gasteiger charge is 1.97. The second-order valence-corrected chi connectivity index (χ2v) is 4.04. The van der Waals surface area contributed by atoms with E-state index in [1.165, 1.54) is 0 Å². The van der Waals surface area contributed by atoms with Crippen LogP contribution in [0.15, 0.2) is 16.7 Å². The van der Waals surface area contributed by atoms with Crippen LogP contribution >= 0.6 is 15.9 Å². The number of hydrogen-bond donors (Lipinski definition) is 0. The van der Waals surface area contributed by atoms with E-state index in [-0.39, 0.29) is 0 Å². The lowest BCUT2D eigenvalue weighted by molar-refractivity contribution is 0.276. The second kappa shape index (κ2) is 5.17.